The molecule has 2 heterocycles. The molecule has 0 amide bonds. The van der Waals surface area contributed by atoms with Gasteiger partial charge in [-0.1, -0.05) is 0 Å². The van der Waals surface area contributed by atoms with Crippen LogP contribution >= 0.6 is 0 Å². The molecule has 10 heteroatoms. The molecule has 0 atom stereocenters. The molecule has 3 aromatic rings. The average Bonchev–Trinajstić information content (AvgIpc) is 3.00. The van der Waals surface area contributed by atoms with Crippen molar-refractivity contribution in [3.63, 3.8) is 0 Å². The zero-order valence-electron chi connectivity index (χ0n) is 10.8. The molecule has 0 fully saturated rings. The van der Waals surface area contributed by atoms with Crippen molar-refractivity contribution < 1.29 is 22.0 Å². The summed E-state index contributed by atoms with van der Waals surface area (Å²) < 4.78 is 32.8. The summed E-state index contributed by atoms with van der Waals surface area (Å²) >= 11 is 0. The third-order valence-electron chi connectivity index (χ3n) is 2.88. The fourth-order valence-electron chi connectivity index (χ4n) is 1.93. The Kier molecular flexibility index (Phi) is 2.93. The third-order valence-corrected chi connectivity index (χ3v) is 3.66. The van der Waals surface area contributed by atoms with Gasteiger partial charge in [-0.15, -0.1) is 0 Å². The second-order valence-corrected chi connectivity index (χ2v) is 5.89. The number of sulfonamides is 1. The predicted molar refractivity (Wildman–Crippen MR) is 74.7 cm³/mol. The summed E-state index contributed by atoms with van der Waals surface area (Å²) in [5.41, 5.74) is 6.22. The van der Waals surface area contributed by atoms with Crippen LogP contribution in [0.3, 0.4) is 0 Å². The number of carbonyl (C=O) groups excluding carboxylic acids is 1. The number of anilines is 1. The quantitative estimate of drug-likeness (QED) is 0.634. The summed E-state index contributed by atoms with van der Waals surface area (Å²) in [6, 6.07) is 6.42. The first-order chi connectivity index (χ1) is 10.3. The molecule has 9 nitrogen and oxygen atoms in total. The van der Waals surface area contributed by atoms with Crippen molar-refractivity contribution in [3.05, 3.63) is 46.6 Å². The second kappa shape index (κ2) is 4.58. The number of benzene rings is 1. The van der Waals surface area contributed by atoms with Gasteiger partial charge in [0.2, 0.25) is 5.09 Å². The molecule has 0 saturated heterocycles. The summed E-state index contributed by atoms with van der Waals surface area (Å²) in [5, 5.41) is 4.31. The van der Waals surface area contributed by atoms with E-state index in [4.69, 9.17) is 19.7 Å². The second-order valence-electron chi connectivity index (χ2n) is 4.40. The van der Waals surface area contributed by atoms with Crippen LogP contribution in [-0.2, 0) is 10.0 Å². The van der Waals surface area contributed by atoms with Crippen LogP contribution in [0.15, 0.2) is 49.1 Å². The Bertz CT molecular complexity index is 1060. The lowest BCUT2D eigenvalue weighted by molar-refractivity contribution is 0.0923. The first-order valence-corrected chi connectivity index (χ1v) is 7.40. The van der Waals surface area contributed by atoms with Crippen molar-refractivity contribution in [1.29, 1.82) is 0 Å². The smallest absolute Gasteiger partial charge is 0.427 e. The molecule has 2 aromatic heterocycles. The van der Waals surface area contributed by atoms with E-state index < -0.39 is 26.8 Å². The first-order valence-electron chi connectivity index (χ1n) is 5.86. The van der Waals surface area contributed by atoms with Gasteiger partial charge in [0, 0.05) is 11.8 Å². The van der Waals surface area contributed by atoms with E-state index >= 15 is 0 Å². The summed E-state index contributed by atoms with van der Waals surface area (Å²) in [5.74, 6) is -2.20. The number of carbonyl (C=O) groups is 1. The normalized spacial score (nSPS) is 11.9. The number of nitrogen functional groups attached to an aromatic ring is 1. The summed E-state index contributed by atoms with van der Waals surface area (Å²) in [4.78, 5) is 24.1. The number of nitrogens with two attached hydrogens (primary N) is 2. The molecular weight excluding hydrogens is 314 g/mol. The van der Waals surface area contributed by atoms with Gasteiger partial charge in [0.15, 0.2) is 11.3 Å². The van der Waals surface area contributed by atoms with Crippen LogP contribution in [0, 0.1) is 0 Å². The van der Waals surface area contributed by atoms with Crippen molar-refractivity contribution >= 4 is 32.7 Å². The number of primary sulfonamides is 1. The topological polar surface area (TPSA) is 152 Å². The van der Waals surface area contributed by atoms with Gasteiger partial charge in [-0.25, -0.2) is 22.9 Å². The van der Waals surface area contributed by atoms with E-state index in [1.54, 1.807) is 0 Å². The van der Waals surface area contributed by atoms with E-state index in [-0.39, 0.29) is 16.9 Å². The van der Waals surface area contributed by atoms with E-state index in [1.807, 2.05) is 0 Å². The first kappa shape index (κ1) is 14.1. The summed E-state index contributed by atoms with van der Waals surface area (Å²) in [6.07, 6.45) is 0. The van der Waals surface area contributed by atoms with E-state index in [9.17, 15) is 18.0 Å². The lowest BCUT2D eigenvalue weighted by Crippen LogP contribution is -2.22. The summed E-state index contributed by atoms with van der Waals surface area (Å²) in [7, 11) is -4.09. The van der Waals surface area contributed by atoms with E-state index in [1.165, 1.54) is 18.2 Å². The molecule has 1 aromatic carbocycles. The molecule has 0 aliphatic carbocycles. The number of oxazole rings is 1. The SMILES string of the molecule is Nc1ccc2c(c1)oc(=O)n2C(=O)c1ccc(S(N)(=O)=O)o1. The molecule has 0 unspecified atom stereocenters. The third kappa shape index (κ3) is 2.19. The Balaban J connectivity index is 2.15. The maximum absolute atomic E-state index is 12.3. The van der Waals surface area contributed by atoms with Crippen molar-refractivity contribution in [3.8, 4) is 0 Å². The Hall–Kier alpha value is -2.85. The number of rotatable bonds is 2. The van der Waals surface area contributed by atoms with Gasteiger partial charge < -0.3 is 14.6 Å². The van der Waals surface area contributed by atoms with Gasteiger partial charge in [0.05, 0.1) is 5.52 Å². The number of hydrogen-bond acceptors (Lipinski definition) is 7. The van der Waals surface area contributed by atoms with Crippen molar-refractivity contribution in [2.24, 2.45) is 5.14 Å². The van der Waals surface area contributed by atoms with Crippen LogP contribution in [-0.4, -0.2) is 18.9 Å². The van der Waals surface area contributed by atoms with Gasteiger partial charge in [-0.3, -0.25) is 4.79 Å². The number of aromatic nitrogens is 1. The van der Waals surface area contributed by atoms with Gasteiger partial charge in [-0.2, -0.15) is 0 Å². The number of furan rings is 1. The molecule has 22 heavy (non-hydrogen) atoms. The Morgan fingerprint density at radius 3 is 2.50 bits per heavy atom. The number of nitrogens with zero attached hydrogens (tertiary/aromatic N) is 1. The van der Waals surface area contributed by atoms with E-state index in [0.29, 0.717) is 10.3 Å². The maximum Gasteiger partial charge on any atom is 0.427 e. The summed E-state index contributed by atoms with van der Waals surface area (Å²) in [6.45, 7) is 0. The lowest BCUT2D eigenvalue weighted by atomic mass is 10.3. The molecule has 0 spiro atoms. The minimum Gasteiger partial charge on any atom is -0.438 e. The minimum absolute atomic E-state index is 0.122. The molecule has 4 N–H and O–H groups in total. The fraction of sp³-hybridized carbons (Fsp3) is 0. The van der Waals surface area contributed by atoms with Crippen LogP contribution in [0.2, 0.25) is 0 Å². The predicted octanol–water partition coefficient (Wildman–Crippen LogP) is 0.106. The molecule has 3 rings (SSSR count). The van der Waals surface area contributed by atoms with Gasteiger partial charge in [0.25, 0.3) is 10.0 Å². The molecule has 0 radical (unpaired) electrons. The Morgan fingerprint density at radius 2 is 1.86 bits per heavy atom. The molecule has 0 aliphatic rings. The van der Waals surface area contributed by atoms with Crippen LogP contribution in [0.5, 0.6) is 0 Å². The molecule has 114 valence electrons. The number of hydrogen-bond donors (Lipinski definition) is 2. The monoisotopic (exact) mass is 323 g/mol. The lowest BCUT2D eigenvalue weighted by Gasteiger charge is -1.98. The highest BCUT2D eigenvalue weighted by Crippen LogP contribution is 2.19. The van der Waals surface area contributed by atoms with Gasteiger partial charge >= 0.3 is 11.7 Å². The highest BCUT2D eigenvalue weighted by Gasteiger charge is 2.23. The van der Waals surface area contributed by atoms with Gasteiger partial charge in [-0.05, 0) is 24.3 Å². The largest absolute Gasteiger partial charge is 0.438 e. The minimum atomic E-state index is -4.09. The molecule has 0 aliphatic heterocycles. The zero-order valence-corrected chi connectivity index (χ0v) is 11.7. The number of fused-ring (bicyclic) bond motifs is 1. The standard InChI is InChI=1S/C12H9N3O6S/c13-6-1-2-7-9(5-6)21-12(17)15(7)11(16)8-3-4-10(20-8)22(14,18)19/h1-5H,13H2,(H2,14,18,19). The highest BCUT2D eigenvalue weighted by atomic mass is 32.2. The van der Waals surface area contributed by atoms with Gasteiger partial charge in [0.1, 0.15) is 0 Å². The van der Waals surface area contributed by atoms with Crippen LogP contribution < -0.4 is 16.6 Å². The maximum atomic E-state index is 12.3. The van der Waals surface area contributed by atoms with E-state index in [2.05, 4.69) is 0 Å². The Labute approximate surface area is 122 Å². The van der Waals surface area contributed by atoms with Crippen molar-refractivity contribution in [2.75, 3.05) is 5.73 Å². The van der Waals surface area contributed by atoms with E-state index in [0.717, 1.165) is 12.1 Å². The highest BCUT2D eigenvalue weighted by molar-refractivity contribution is 7.89. The molecule has 0 saturated carbocycles. The van der Waals surface area contributed by atoms with Crippen LogP contribution in [0.1, 0.15) is 10.6 Å². The van der Waals surface area contributed by atoms with Crippen molar-refractivity contribution in [1.82, 2.24) is 4.57 Å². The fourth-order valence-corrected chi connectivity index (χ4v) is 2.39. The zero-order chi connectivity index (χ0) is 16.1. The van der Waals surface area contributed by atoms with Crippen molar-refractivity contribution in [2.45, 2.75) is 5.09 Å². The van der Waals surface area contributed by atoms with Crippen LogP contribution in [0.25, 0.3) is 11.1 Å². The van der Waals surface area contributed by atoms with Crippen LogP contribution in [0.4, 0.5) is 5.69 Å². The molecule has 0 bridgehead atoms. The Morgan fingerprint density at radius 1 is 1.14 bits per heavy atom. The molecular formula is C12H9N3O6S. The average molecular weight is 323 g/mol.